The molecule has 0 aromatic rings. The minimum Gasteiger partial charge on any atom is -0.368 e. The number of rotatable bonds is 8. The Morgan fingerprint density at radius 2 is 1.88 bits per heavy atom. The molecule has 3 N–H and O–H groups in total. The van der Waals surface area contributed by atoms with Crippen LogP contribution in [0.25, 0.3) is 0 Å². The first kappa shape index (κ1) is 14.5. The van der Waals surface area contributed by atoms with Gasteiger partial charge in [0.1, 0.15) is 0 Å². The summed E-state index contributed by atoms with van der Waals surface area (Å²) in [7, 11) is 0. The molecule has 17 heavy (non-hydrogen) atoms. The monoisotopic (exact) mass is 241 g/mol. The smallest absolute Gasteiger partial charge is 0.234 e. The van der Waals surface area contributed by atoms with E-state index in [1.807, 2.05) is 0 Å². The van der Waals surface area contributed by atoms with Crippen molar-refractivity contribution in [3.8, 4) is 0 Å². The summed E-state index contributed by atoms with van der Waals surface area (Å²) >= 11 is 0. The molecule has 0 bridgehead atoms. The lowest BCUT2D eigenvalue weighted by Gasteiger charge is -2.33. The van der Waals surface area contributed by atoms with Gasteiger partial charge in [0.2, 0.25) is 5.91 Å². The molecule has 1 aliphatic rings. The molecule has 0 aromatic carbocycles. The molecule has 1 heterocycles. The molecule has 1 amide bonds. The normalized spacial score (nSPS) is 19.1. The van der Waals surface area contributed by atoms with Crippen molar-refractivity contribution >= 4 is 5.91 Å². The Morgan fingerprint density at radius 1 is 1.24 bits per heavy atom. The summed E-state index contributed by atoms with van der Waals surface area (Å²) in [6.45, 7) is 6.05. The molecule has 0 saturated carbocycles. The fourth-order valence-electron chi connectivity index (χ4n) is 2.44. The van der Waals surface area contributed by atoms with E-state index in [2.05, 4.69) is 17.1 Å². The molecule has 0 spiro atoms. The average molecular weight is 241 g/mol. The summed E-state index contributed by atoms with van der Waals surface area (Å²) in [6.07, 6.45) is 7.12. The third kappa shape index (κ3) is 5.50. The number of nitrogens with zero attached hydrogens (tertiary/aromatic N) is 1. The van der Waals surface area contributed by atoms with Crippen LogP contribution in [0, 0.1) is 0 Å². The summed E-state index contributed by atoms with van der Waals surface area (Å²) in [5.41, 5.74) is 5.51. The van der Waals surface area contributed by atoms with Crippen LogP contribution in [0.2, 0.25) is 0 Å². The molecule has 4 nitrogen and oxygen atoms in total. The summed E-state index contributed by atoms with van der Waals surface area (Å²) in [6, 6.07) is -0.0428. The van der Waals surface area contributed by atoms with Gasteiger partial charge in [-0.15, -0.1) is 0 Å². The molecule has 1 aliphatic heterocycles. The largest absolute Gasteiger partial charge is 0.368 e. The van der Waals surface area contributed by atoms with Crippen LogP contribution in [0.15, 0.2) is 0 Å². The quantitative estimate of drug-likeness (QED) is 0.626. The predicted molar refractivity (Wildman–Crippen MR) is 70.8 cm³/mol. The van der Waals surface area contributed by atoms with E-state index in [-0.39, 0.29) is 11.9 Å². The Morgan fingerprint density at radius 3 is 2.47 bits per heavy atom. The van der Waals surface area contributed by atoms with E-state index in [4.69, 9.17) is 5.73 Å². The van der Waals surface area contributed by atoms with E-state index in [1.54, 1.807) is 0 Å². The van der Waals surface area contributed by atoms with Crippen LogP contribution in [0.3, 0.4) is 0 Å². The third-order valence-electron chi connectivity index (χ3n) is 3.50. The maximum Gasteiger partial charge on any atom is 0.234 e. The highest BCUT2D eigenvalue weighted by atomic mass is 16.1. The number of piperazine rings is 1. The Hall–Kier alpha value is -0.610. The summed E-state index contributed by atoms with van der Waals surface area (Å²) in [5, 5.41) is 3.30. The Kier molecular flexibility index (Phi) is 7.21. The highest BCUT2D eigenvalue weighted by molar-refractivity contribution is 5.79. The Labute approximate surface area is 105 Å². The first-order valence-electron chi connectivity index (χ1n) is 6.99. The van der Waals surface area contributed by atoms with Crippen molar-refractivity contribution in [1.29, 1.82) is 0 Å². The van der Waals surface area contributed by atoms with Crippen LogP contribution in [0.4, 0.5) is 0 Å². The van der Waals surface area contributed by atoms with Crippen LogP contribution < -0.4 is 11.1 Å². The van der Waals surface area contributed by atoms with E-state index in [9.17, 15) is 4.79 Å². The van der Waals surface area contributed by atoms with E-state index >= 15 is 0 Å². The molecule has 1 atom stereocenters. The van der Waals surface area contributed by atoms with Gasteiger partial charge in [-0.3, -0.25) is 9.69 Å². The molecule has 4 heteroatoms. The molecular formula is C13H27N3O. The molecule has 0 aromatic heterocycles. The SMILES string of the molecule is CCCCCCCC(C(N)=O)N1CCNCC1. The van der Waals surface area contributed by atoms with Gasteiger partial charge in [-0.25, -0.2) is 0 Å². The second-order valence-corrected chi connectivity index (χ2v) is 4.91. The molecule has 1 saturated heterocycles. The fourth-order valence-corrected chi connectivity index (χ4v) is 2.44. The van der Waals surface area contributed by atoms with Gasteiger partial charge in [0, 0.05) is 26.2 Å². The van der Waals surface area contributed by atoms with Gasteiger partial charge in [0.05, 0.1) is 6.04 Å². The molecule has 1 unspecified atom stereocenters. The van der Waals surface area contributed by atoms with Crippen molar-refractivity contribution in [3.63, 3.8) is 0 Å². The molecule has 1 fully saturated rings. The van der Waals surface area contributed by atoms with Crippen molar-refractivity contribution in [1.82, 2.24) is 10.2 Å². The highest BCUT2D eigenvalue weighted by Crippen LogP contribution is 2.12. The van der Waals surface area contributed by atoms with E-state index in [0.29, 0.717) is 0 Å². The zero-order chi connectivity index (χ0) is 12.5. The van der Waals surface area contributed by atoms with Crippen molar-refractivity contribution in [2.75, 3.05) is 26.2 Å². The third-order valence-corrected chi connectivity index (χ3v) is 3.50. The number of unbranched alkanes of at least 4 members (excludes halogenated alkanes) is 4. The summed E-state index contributed by atoms with van der Waals surface area (Å²) < 4.78 is 0. The van der Waals surface area contributed by atoms with Crippen LogP contribution in [-0.2, 0) is 4.79 Å². The zero-order valence-electron chi connectivity index (χ0n) is 11.1. The minimum atomic E-state index is -0.151. The number of carbonyl (C=O) groups excluding carboxylic acids is 1. The van der Waals surface area contributed by atoms with E-state index in [1.165, 1.54) is 25.7 Å². The number of hydrogen-bond donors (Lipinski definition) is 2. The number of primary amides is 1. The maximum atomic E-state index is 11.5. The maximum absolute atomic E-state index is 11.5. The first-order chi connectivity index (χ1) is 8.25. The molecule has 0 aliphatic carbocycles. The second-order valence-electron chi connectivity index (χ2n) is 4.91. The van der Waals surface area contributed by atoms with Gasteiger partial charge >= 0.3 is 0 Å². The standard InChI is InChI=1S/C13H27N3O/c1-2-3-4-5-6-7-12(13(14)17)16-10-8-15-9-11-16/h12,15H,2-11H2,1H3,(H2,14,17). The van der Waals surface area contributed by atoms with Gasteiger partial charge in [0.15, 0.2) is 0 Å². The molecular weight excluding hydrogens is 214 g/mol. The summed E-state index contributed by atoms with van der Waals surface area (Å²) in [4.78, 5) is 13.7. The van der Waals surface area contributed by atoms with Gasteiger partial charge in [-0.05, 0) is 6.42 Å². The minimum absolute atomic E-state index is 0.0428. The van der Waals surface area contributed by atoms with Gasteiger partial charge in [-0.2, -0.15) is 0 Å². The van der Waals surface area contributed by atoms with E-state index in [0.717, 1.165) is 39.0 Å². The number of hydrogen-bond acceptors (Lipinski definition) is 3. The number of nitrogens with one attached hydrogen (secondary N) is 1. The topological polar surface area (TPSA) is 58.4 Å². The van der Waals surface area contributed by atoms with Crippen LogP contribution >= 0.6 is 0 Å². The van der Waals surface area contributed by atoms with Crippen LogP contribution in [-0.4, -0.2) is 43.0 Å². The van der Waals surface area contributed by atoms with Gasteiger partial charge in [0.25, 0.3) is 0 Å². The van der Waals surface area contributed by atoms with Gasteiger partial charge in [-0.1, -0.05) is 39.0 Å². The second kappa shape index (κ2) is 8.48. The number of carbonyl (C=O) groups is 1. The molecule has 1 rings (SSSR count). The Balaban J connectivity index is 2.25. The van der Waals surface area contributed by atoms with Crippen molar-refractivity contribution in [2.24, 2.45) is 5.73 Å². The van der Waals surface area contributed by atoms with Crippen LogP contribution in [0.5, 0.6) is 0 Å². The zero-order valence-corrected chi connectivity index (χ0v) is 11.1. The van der Waals surface area contributed by atoms with Crippen molar-refractivity contribution < 1.29 is 4.79 Å². The summed E-state index contributed by atoms with van der Waals surface area (Å²) in [5.74, 6) is -0.151. The van der Waals surface area contributed by atoms with Crippen molar-refractivity contribution in [2.45, 2.75) is 51.5 Å². The lowest BCUT2D eigenvalue weighted by atomic mass is 10.0. The predicted octanol–water partition coefficient (Wildman–Crippen LogP) is 1.11. The lowest BCUT2D eigenvalue weighted by molar-refractivity contribution is -0.123. The molecule has 0 radical (unpaired) electrons. The van der Waals surface area contributed by atoms with Crippen molar-refractivity contribution in [3.05, 3.63) is 0 Å². The number of amides is 1. The highest BCUT2D eigenvalue weighted by Gasteiger charge is 2.24. The first-order valence-corrected chi connectivity index (χ1v) is 6.99. The lowest BCUT2D eigenvalue weighted by Crippen LogP contribution is -2.52. The van der Waals surface area contributed by atoms with Crippen LogP contribution in [0.1, 0.15) is 45.4 Å². The Bertz CT molecular complexity index is 215. The van der Waals surface area contributed by atoms with E-state index < -0.39 is 0 Å². The van der Waals surface area contributed by atoms with Gasteiger partial charge < -0.3 is 11.1 Å². The number of nitrogens with two attached hydrogens (primary N) is 1. The average Bonchev–Trinajstić information content (AvgIpc) is 2.34. The fraction of sp³-hybridized carbons (Fsp3) is 0.923. The molecule has 100 valence electrons.